The second-order valence-corrected chi connectivity index (χ2v) is 7.39. The van der Waals surface area contributed by atoms with Gasteiger partial charge in [-0.05, 0) is 37.5 Å². The molecule has 0 bridgehead atoms. The van der Waals surface area contributed by atoms with Gasteiger partial charge in [0.05, 0.1) is 0 Å². The molecule has 0 unspecified atom stereocenters. The number of methoxy groups -OCH3 is 1. The van der Waals surface area contributed by atoms with Crippen LogP contribution in [0.4, 0.5) is 11.6 Å². The molecule has 0 amide bonds. The highest BCUT2D eigenvalue weighted by Crippen LogP contribution is 2.29. The zero-order chi connectivity index (χ0) is 18.9. The van der Waals surface area contributed by atoms with Crippen LogP contribution in [0.5, 0.6) is 0 Å². The molecule has 0 aromatic carbocycles. The number of aromatic nitrogens is 6. The van der Waals surface area contributed by atoms with E-state index in [1.54, 1.807) is 13.3 Å². The fraction of sp³-hybridized carbons (Fsp3) is 0.526. The van der Waals surface area contributed by atoms with Gasteiger partial charge < -0.3 is 14.5 Å². The first-order chi connectivity index (χ1) is 13.8. The van der Waals surface area contributed by atoms with Gasteiger partial charge >= 0.3 is 0 Å². The van der Waals surface area contributed by atoms with Gasteiger partial charge in [0.15, 0.2) is 17.3 Å². The number of ether oxygens (including phenoxy) is 1. The normalized spacial score (nSPS) is 17.9. The fourth-order valence-corrected chi connectivity index (χ4v) is 3.89. The molecule has 2 aliphatic rings. The van der Waals surface area contributed by atoms with E-state index in [1.807, 2.05) is 22.7 Å². The molecule has 2 saturated heterocycles. The van der Waals surface area contributed by atoms with Crippen molar-refractivity contribution in [2.45, 2.75) is 31.8 Å². The average molecular weight is 380 g/mol. The molecule has 3 aromatic rings. The van der Waals surface area contributed by atoms with Crippen molar-refractivity contribution in [1.29, 1.82) is 0 Å². The van der Waals surface area contributed by atoms with E-state index in [0.29, 0.717) is 18.3 Å². The van der Waals surface area contributed by atoms with Gasteiger partial charge in [0.2, 0.25) is 0 Å². The molecule has 0 atom stereocenters. The standard InChI is InChI=1S/C19H24N8O/c1-28-13-15-20-8-5-16(21-15)26-11-6-14(7-12-26)19-23-22-17-3-4-18(24-27(17)19)25-9-2-10-25/h3-5,8,14H,2,6-7,9-13H2,1H3. The Hall–Kier alpha value is -2.81. The Morgan fingerprint density at radius 3 is 2.57 bits per heavy atom. The first-order valence-electron chi connectivity index (χ1n) is 9.85. The second-order valence-electron chi connectivity index (χ2n) is 7.39. The molecular formula is C19H24N8O. The Morgan fingerprint density at radius 2 is 1.82 bits per heavy atom. The summed E-state index contributed by atoms with van der Waals surface area (Å²) in [6, 6.07) is 6.03. The number of rotatable bonds is 5. The van der Waals surface area contributed by atoms with Crippen LogP contribution in [0, 0.1) is 0 Å². The third-order valence-corrected chi connectivity index (χ3v) is 5.60. The molecule has 0 N–H and O–H groups in total. The van der Waals surface area contributed by atoms with Crippen LogP contribution in [0.25, 0.3) is 5.65 Å². The second kappa shape index (κ2) is 7.31. The van der Waals surface area contributed by atoms with Crippen LogP contribution < -0.4 is 9.80 Å². The van der Waals surface area contributed by atoms with Crippen molar-refractivity contribution < 1.29 is 4.74 Å². The first-order valence-corrected chi connectivity index (χ1v) is 9.85. The smallest absolute Gasteiger partial charge is 0.178 e. The lowest BCUT2D eigenvalue weighted by atomic mass is 9.96. The van der Waals surface area contributed by atoms with Crippen molar-refractivity contribution in [3.05, 3.63) is 36.0 Å². The molecule has 3 aromatic heterocycles. The Bertz CT molecular complexity index is 961. The van der Waals surface area contributed by atoms with E-state index in [-0.39, 0.29) is 0 Å². The zero-order valence-electron chi connectivity index (χ0n) is 16.0. The lowest BCUT2D eigenvalue weighted by Crippen LogP contribution is -2.38. The van der Waals surface area contributed by atoms with Gasteiger partial charge in [0, 0.05) is 45.4 Å². The lowest BCUT2D eigenvalue weighted by Gasteiger charge is -2.33. The van der Waals surface area contributed by atoms with Gasteiger partial charge in [0.25, 0.3) is 0 Å². The lowest BCUT2D eigenvalue weighted by molar-refractivity contribution is 0.178. The van der Waals surface area contributed by atoms with E-state index in [0.717, 1.165) is 62.1 Å². The molecule has 2 fully saturated rings. The average Bonchev–Trinajstić information content (AvgIpc) is 3.11. The summed E-state index contributed by atoms with van der Waals surface area (Å²) in [7, 11) is 1.66. The van der Waals surface area contributed by atoms with E-state index in [1.165, 1.54) is 6.42 Å². The van der Waals surface area contributed by atoms with Crippen molar-refractivity contribution in [2.75, 3.05) is 43.1 Å². The molecular weight excluding hydrogens is 356 g/mol. The quantitative estimate of drug-likeness (QED) is 0.661. The molecule has 5 rings (SSSR count). The number of anilines is 2. The summed E-state index contributed by atoms with van der Waals surface area (Å²) in [6.07, 6.45) is 5.04. The maximum absolute atomic E-state index is 5.14. The van der Waals surface area contributed by atoms with Gasteiger partial charge in [-0.3, -0.25) is 0 Å². The van der Waals surface area contributed by atoms with E-state index in [9.17, 15) is 0 Å². The highest BCUT2D eigenvalue weighted by atomic mass is 16.5. The minimum Gasteiger partial charge on any atom is -0.377 e. The van der Waals surface area contributed by atoms with Crippen molar-refractivity contribution in [3.63, 3.8) is 0 Å². The number of hydrogen-bond acceptors (Lipinski definition) is 8. The van der Waals surface area contributed by atoms with Crippen LogP contribution in [0.15, 0.2) is 24.4 Å². The van der Waals surface area contributed by atoms with Crippen LogP contribution in [-0.2, 0) is 11.3 Å². The highest BCUT2D eigenvalue weighted by Gasteiger charge is 2.26. The van der Waals surface area contributed by atoms with Crippen LogP contribution in [0.2, 0.25) is 0 Å². The maximum Gasteiger partial charge on any atom is 0.178 e. The Labute approximate surface area is 163 Å². The molecule has 5 heterocycles. The van der Waals surface area contributed by atoms with E-state index < -0.39 is 0 Å². The third kappa shape index (κ3) is 3.15. The molecule has 2 aliphatic heterocycles. The maximum atomic E-state index is 5.14. The summed E-state index contributed by atoms with van der Waals surface area (Å²) < 4.78 is 7.08. The Morgan fingerprint density at radius 1 is 1.00 bits per heavy atom. The molecule has 0 radical (unpaired) electrons. The summed E-state index contributed by atoms with van der Waals surface area (Å²) in [6.45, 7) is 4.45. The molecule has 146 valence electrons. The summed E-state index contributed by atoms with van der Waals surface area (Å²) in [5.41, 5.74) is 0.821. The van der Waals surface area contributed by atoms with Crippen LogP contribution in [0.1, 0.15) is 36.8 Å². The van der Waals surface area contributed by atoms with Gasteiger partial charge in [-0.2, -0.15) is 4.52 Å². The van der Waals surface area contributed by atoms with E-state index in [2.05, 4.69) is 30.0 Å². The van der Waals surface area contributed by atoms with Crippen molar-refractivity contribution >= 4 is 17.3 Å². The third-order valence-electron chi connectivity index (χ3n) is 5.60. The summed E-state index contributed by atoms with van der Waals surface area (Å²) in [4.78, 5) is 13.5. The molecule has 9 heteroatoms. The van der Waals surface area contributed by atoms with Gasteiger partial charge in [0.1, 0.15) is 18.2 Å². The van der Waals surface area contributed by atoms with Crippen molar-refractivity contribution in [2.24, 2.45) is 0 Å². The Balaban J connectivity index is 1.32. The molecule has 28 heavy (non-hydrogen) atoms. The number of hydrogen-bond donors (Lipinski definition) is 0. The predicted molar refractivity (Wildman–Crippen MR) is 105 cm³/mol. The van der Waals surface area contributed by atoms with E-state index in [4.69, 9.17) is 9.84 Å². The minimum absolute atomic E-state index is 0.352. The summed E-state index contributed by atoms with van der Waals surface area (Å²) in [5, 5.41) is 13.6. The zero-order valence-corrected chi connectivity index (χ0v) is 16.0. The molecule has 0 spiro atoms. The number of piperidine rings is 1. The summed E-state index contributed by atoms with van der Waals surface area (Å²) in [5.74, 6) is 4.02. The topological polar surface area (TPSA) is 84.6 Å². The van der Waals surface area contributed by atoms with Crippen LogP contribution >= 0.6 is 0 Å². The highest BCUT2D eigenvalue weighted by molar-refractivity contribution is 5.47. The SMILES string of the molecule is COCc1nccc(N2CCC(c3nnc4ccc(N5CCC5)nn34)CC2)n1. The van der Waals surface area contributed by atoms with Gasteiger partial charge in [-0.1, -0.05) is 0 Å². The van der Waals surface area contributed by atoms with Crippen LogP contribution in [0.3, 0.4) is 0 Å². The van der Waals surface area contributed by atoms with E-state index >= 15 is 0 Å². The van der Waals surface area contributed by atoms with Crippen LogP contribution in [-0.4, -0.2) is 63.1 Å². The van der Waals surface area contributed by atoms with Crippen molar-refractivity contribution in [3.8, 4) is 0 Å². The molecule has 9 nitrogen and oxygen atoms in total. The first kappa shape index (κ1) is 17.3. The monoisotopic (exact) mass is 380 g/mol. The summed E-state index contributed by atoms with van der Waals surface area (Å²) >= 11 is 0. The largest absolute Gasteiger partial charge is 0.377 e. The predicted octanol–water partition coefficient (Wildman–Crippen LogP) is 1.65. The number of nitrogens with zero attached hydrogens (tertiary/aromatic N) is 8. The Kier molecular flexibility index (Phi) is 4.52. The fourth-order valence-electron chi connectivity index (χ4n) is 3.89. The van der Waals surface area contributed by atoms with Crippen molar-refractivity contribution in [1.82, 2.24) is 29.8 Å². The minimum atomic E-state index is 0.352. The number of fused-ring (bicyclic) bond motifs is 1. The van der Waals surface area contributed by atoms with Gasteiger partial charge in [-0.15, -0.1) is 15.3 Å². The molecule has 0 saturated carbocycles. The molecule has 0 aliphatic carbocycles. The van der Waals surface area contributed by atoms with Gasteiger partial charge in [-0.25, -0.2) is 9.97 Å².